The van der Waals surface area contributed by atoms with Gasteiger partial charge in [-0.2, -0.15) is 13.2 Å². The number of nitrogens with zero attached hydrogens (tertiary/aromatic N) is 3. The number of halogens is 3. The molecule has 293 valence electrons. The van der Waals surface area contributed by atoms with Crippen LogP contribution in [0.25, 0.3) is 72.4 Å². The van der Waals surface area contributed by atoms with Crippen molar-refractivity contribution in [2.24, 2.45) is 5.41 Å². The van der Waals surface area contributed by atoms with Gasteiger partial charge in [0, 0.05) is 41.5 Å². The second-order valence-corrected chi connectivity index (χ2v) is 14.5. The first-order chi connectivity index (χ1) is 28.6. The number of para-hydroxylation sites is 4. The Morgan fingerprint density at radius 2 is 1.50 bits per heavy atom. The van der Waals surface area contributed by atoms with Crippen LogP contribution in [0, 0.1) is 17.5 Å². The molecular formula is C50H40F3IrN3O-2. The summed E-state index contributed by atoms with van der Waals surface area (Å²) in [6.45, 7) is 5.59. The zero-order chi connectivity index (χ0) is 42.5. The van der Waals surface area contributed by atoms with Crippen molar-refractivity contribution in [3.63, 3.8) is 0 Å². The van der Waals surface area contributed by atoms with Crippen molar-refractivity contribution in [3.8, 4) is 39.5 Å². The number of hydrogen-bond acceptors (Lipinski definition) is 3. The van der Waals surface area contributed by atoms with Crippen LogP contribution < -0.4 is 0 Å². The minimum Gasteiger partial charge on any atom is -0.501 e. The number of rotatable bonds is 7. The maximum Gasteiger partial charge on any atom is 0.394 e. The number of aromatic nitrogens is 3. The Balaban J connectivity index is 0.000000191. The van der Waals surface area contributed by atoms with Crippen molar-refractivity contribution in [1.29, 1.82) is 0 Å². The van der Waals surface area contributed by atoms with Gasteiger partial charge >= 0.3 is 6.18 Å². The summed E-state index contributed by atoms with van der Waals surface area (Å²) in [5.74, 6) is 0.137. The van der Waals surface area contributed by atoms with Gasteiger partial charge in [0.05, 0.1) is 27.9 Å². The van der Waals surface area contributed by atoms with Crippen molar-refractivity contribution in [2.45, 2.75) is 46.1 Å². The minimum atomic E-state index is -4.69. The van der Waals surface area contributed by atoms with Crippen LogP contribution in [-0.2, 0) is 26.5 Å². The molecule has 0 bridgehead atoms. The van der Waals surface area contributed by atoms with Gasteiger partial charge < -0.3 is 14.0 Å². The second kappa shape index (κ2) is 16.6. The van der Waals surface area contributed by atoms with Crippen molar-refractivity contribution in [2.75, 3.05) is 0 Å². The van der Waals surface area contributed by atoms with Crippen LogP contribution in [0.4, 0.5) is 13.2 Å². The van der Waals surface area contributed by atoms with Crippen LogP contribution in [0.2, 0.25) is 0 Å². The summed E-state index contributed by atoms with van der Waals surface area (Å²) >= 11 is 0. The number of furan rings is 1. The van der Waals surface area contributed by atoms with Crippen LogP contribution in [0.1, 0.15) is 48.8 Å². The van der Waals surface area contributed by atoms with Crippen LogP contribution in [0.5, 0.6) is 0 Å². The van der Waals surface area contributed by atoms with E-state index in [1.54, 1.807) is 24.4 Å². The SMILES string of the molecule is [2H]C(C)(C)c1ccccc1-n1c(-c2[c-]cccc2)nc2ccccc21.[2H]C([2H])(c1ccc(-c2ccnc(-c3[c-]ccc4c3oc3ccccc34)c2)cc1)C(C)(C)C(F)(F)F.[Ir]. The van der Waals surface area contributed by atoms with Crippen molar-refractivity contribution >= 4 is 33.0 Å². The Morgan fingerprint density at radius 1 is 0.776 bits per heavy atom. The fraction of sp³-hybridized carbons (Fsp3) is 0.160. The van der Waals surface area contributed by atoms with Gasteiger partial charge in [0.1, 0.15) is 5.58 Å². The third kappa shape index (κ3) is 8.00. The molecule has 58 heavy (non-hydrogen) atoms. The summed E-state index contributed by atoms with van der Waals surface area (Å²) in [6.07, 6.45) is -5.64. The van der Waals surface area contributed by atoms with Gasteiger partial charge in [-0.1, -0.05) is 118 Å². The quantitative estimate of drug-likeness (QED) is 0.150. The molecule has 0 N–H and O–H groups in total. The molecule has 0 atom stereocenters. The van der Waals surface area contributed by atoms with Crippen LogP contribution in [0.15, 0.2) is 156 Å². The number of fused-ring (bicyclic) bond motifs is 4. The summed E-state index contributed by atoms with van der Waals surface area (Å²) in [5.41, 5.74) is 6.61. The molecule has 6 aromatic carbocycles. The van der Waals surface area contributed by atoms with Crippen molar-refractivity contribution in [3.05, 3.63) is 175 Å². The fourth-order valence-electron chi connectivity index (χ4n) is 6.88. The number of pyridine rings is 1. The Morgan fingerprint density at radius 3 is 2.26 bits per heavy atom. The Bertz CT molecular complexity index is 2970. The predicted octanol–water partition coefficient (Wildman–Crippen LogP) is 13.9. The number of imidazole rings is 1. The molecule has 0 fully saturated rings. The van der Waals surface area contributed by atoms with Gasteiger partial charge in [-0.3, -0.25) is 4.98 Å². The average molecular weight is 951 g/mol. The third-order valence-electron chi connectivity index (χ3n) is 9.93. The molecule has 9 rings (SSSR count). The molecule has 0 amide bonds. The molecule has 0 aliphatic rings. The molecule has 0 unspecified atom stereocenters. The smallest absolute Gasteiger partial charge is 0.394 e. The normalized spacial score (nSPS) is 13.0. The molecule has 1 radical (unpaired) electrons. The standard InChI is InChI=1S/C28H21F3NO.C22H19N2.Ir/c1-27(2,28(29,30)31)17-18-10-12-19(13-11-18)20-14-15-32-24(16-20)23-8-5-7-22-21-6-3-4-9-25(21)33-26(22)23;1-16(2)18-12-6-8-14-20(18)24-21-15-9-7-13-19(21)23-22(24)17-10-4-3-5-11-17;/h3-7,9-16H,17H2,1-2H3;3-10,12-16H,1-2H3;/q2*-1;/i17D2;16D;. The molecule has 0 saturated carbocycles. The number of benzene rings is 6. The van der Waals surface area contributed by atoms with Gasteiger partial charge in [0.2, 0.25) is 0 Å². The minimum absolute atomic E-state index is 0. The summed E-state index contributed by atoms with van der Waals surface area (Å²) in [6, 6.07) is 51.9. The molecule has 0 spiro atoms. The third-order valence-corrected chi connectivity index (χ3v) is 9.93. The maximum absolute atomic E-state index is 13.5. The molecule has 9 aromatic rings. The van der Waals surface area contributed by atoms with Gasteiger partial charge in [0.15, 0.2) is 0 Å². The molecule has 0 saturated heterocycles. The van der Waals surface area contributed by atoms with Gasteiger partial charge in [-0.05, 0) is 70.5 Å². The number of alkyl halides is 3. The first-order valence-electron chi connectivity index (χ1n) is 20.1. The first kappa shape index (κ1) is 36.5. The summed E-state index contributed by atoms with van der Waals surface area (Å²) in [5, 5.41) is 1.96. The van der Waals surface area contributed by atoms with E-state index in [0.29, 0.717) is 16.8 Å². The molecule has 8 heteroatoms. The van der Waals surface area contributed by atoms with Crippen LogP contribution >= 0.6 is 0 Å². The van der Waals surface area contributed by atoms with Crippen molar-refractivity contribution < 1.29 is 41.8 Å². The molecule has 3 heterocycles. The molecular weight excluding hydrogens is 908 g/mol. The molecule has 4 nitrogen and oxygen atoms in total. The maximum atomic E-state index is 13.5. The zero-order valence-electron chi connectivity index (χ0n) is 35.2. The Kier molecular flexibility index (Phi) is 10.4. The largest absolute Gasteiger partial charge is 0.501 e. The average Bonchev–Trinajstić information content (AvgIpc) is 3.83. The van der Waals surface area contributed by atoms with E-state index in [0.717, 1.165) is 75.0 Å². The summed E-state index contributed by atoms with van der Waals surface area (Å²) in [4.78, 5) is 9.35. The van der Waals surface area contributed by atoms with Crippen LogP contribution in [0.3, 0.4) is 0 Å². The van der Waals surface area contributed by atoms with Gasteiger partial charge in [0.25, 0.3) is 0 Å². The van der Waals surface area contributed by atoms with E-state index in [4.69, 9.17) is 13.5 Å². The number of hydrogen-bond donors (Lipinski definition) is 0. The van der Waals surface area contributed by atoms with Crippen LogP contribution in [-0.4, -0.2) is 20.7 Å². The van der Waals surface area contributed by atoms with Gasteiger partial charge in [-0.25, -0.2) is 0 Å². The zero-order valence-corrected chi connectivity index (χ0v) is 34.5. The predicted molar refractivity (Wildman–Crippen MR) is 224 cm³/mol. The van der Waals surface area contributed by atoms with E-state index < -0.39 is 23.9 Å². The van der Waals surface area contributed by atoms with Crippen molar-refractivity contribution in [1.82, 2.24) is 14.5 Å². The van der Waals surface area contributed by atoms with E-state index >= 15 is 0 Å². The van der Waals surface area contributed by atoms with E-state index in [1.807, 2.05) is 117 Å². The fourth-order valence-corrected chi connectivity index (χ4v) is 6.88. The van der Waals surface area contributed by atoms with E-state index in [9.17, 15) is 13.2 Å². The second-order valence-electron chi connectivity index (χ2n) is 14.5. The molecule has 0 aliphatic heterocycles. The van der Waals surface area contributed by atoms with E-state index in [-0.39, 0.29) is 25.7 Å². The summed E-state index contributed by atoms with van der Waals surface area (Å²) in [7, 11) is 0. The molecule has 0 aliphatic carbocycles. The summed E-state index contributed by atoms with van der Waals surface area (Å²) < 4.78 is 73.6. The monoisotopic (exact) mass is 951 g/mol. The Hall–Kier alpha value is -5.82. The van der Waals surface area contributed by atoms with E-state index in [1.165, 1.54) is 12.1 Å². The molecule has 3 aromatic heterocycles. The van der Waals surface area contributed by atoms with Gasteiger partial charge in [-0.15, -0.1) is 54.1 Å². The topological polar surface area (TPSA) is 43.9 Å². The Labute approximate surface area is 354 Å². The van der Waals surface area contributed by atoms with E-state index in [2.05, 4.69) is 33.8 Å². The first-order valence-corrected chi connectivity index (χ1v) is 18.6.